The second kappa shape index (κ2) is 10.8. The topological polar surface area (TPSA) is 86.5 Å². The molecule has 0 radical (unpaired) electrons. The van der Waals surface area contributed by atoms with Crippen molar-refractivity contribution in [1.82, 2.24) is 25.3 Å². The summed E-state index contributed by atoms with van der Waals surface area (Å²) in [5.41, 5.74) is 11.4. The summed E-state index contributed by atoms with van der Waals surface area (Å²) in [6, 6.07) is 20.1. The van der Waals surface area contributed by atoms with Crippen LogP contribution in [0.2, 0.25) is 0 Å². The molecule has 4 aliphatic rings. The average molecular weight is 596 g/mol. The lowest BCUT2D eigenvalue weighted by atomic mass is 9.82. The monoisotopic (exact) mass is 595 g/mol. The minimum Gasteiger partial charge on any atom is -0.342 e. The molecule has 6 heteroatoms. The van der Waals surface area contributed by atoms with Crippen LogP contribution in [0.25, 0.3) is 44.4 Å². The maximum absolute atomic E-state index is 13.3. The smallest absolute Gasteiger partial charge is 0.258 e. The van der Waals surface area contributed by atoms with E-state index in [0.29, 0.717) is 16.7 Å². The molecule has 3 N–H and O–H groups in total. The normalized spacial score (nSPS) is 20.9. The second-order valence-corrected chi connectivity index (χ2v) is 14.3. The van der Waals surface area contributed by atoms with E-state index in [0.717, 1.165) is 60.7 Å². The Morgan fingerprint density at radius 3 is 2.16 bits per heavy atom. The fraction of sp³-hybridized carbons (Fsp3) is 0.410. The lowest BCUT2D eigenvalue weighted by Crippen LogP contribution is -2.20. The molecule has 9 rings (SSSR count). The molecule has 3 aliphatic carbocycles. The first-order chi connectivity index (χ1) is 22.1. The Balaban J connectivity index is 1.08. The van der Waals surface area contributed by atoms with Gasteiger partial charge in [0.2, 0.25) is 0 Å². The van der Waals surface area contributed by atoms with Crippen LogP contribution in [-0.4, -0.2) is 26.5 Å². The third kappa shape index (κ3) is 4.77. The molecule has 0 bridgehead atoms. The summed E-state index contributed by atoms with van der Waals surface area (Å²) >= 11 is 0. The molecule has 2 saturated carbocycles. The average Bonchev–Trinajstić information content (AvgIpc) is 3.91. The van der Waals surface area contributed by atoms with E-state index in [1.165, 1.54) is 84.7 Å². The van der Waals surface area contributed by atoms with Crippen molar-refractivity contribution in [3.63, 3.8) is 0 Å². The summed E-state index contributed by atoms with van der Waals surface area (Å²) < 4.78 is 0. The molecule has 3 aromatic carbocycles. The summed E-state index contributed by atoms with van der Waals surface area (Å²) in [5, 5.41) is 4.13. The van der Waals surface area contributed by atoms with Gasteiger partial charge >= 0.3 is 0 Å². The number of hydrogen-bond donors (Lipinski definition) is 3. The van der Waals surface area contributed by atoms with E-state index < -0.39 is 0 Å². The molecule has 6 nitrogen and oxygen atoms in total. The van der Waals surface area contributed by atoms with Crippen molar-refractivity contribution in [1.29, 1.82) is 0 Å². The van der Waals surface area contributed by atoms with Gasteiger partial charge in [-0.25, -0.2) is 9.97 Å². The van der Waals surface area contributed by atoms with E-state index in [2.05, 4.69) is 63.8 Å². The minimum absolute atomic E-state index is 0.0428. The van der Waals surface area contributed by atoms with Gasteiger partial charge < -0.3 is 15.3 Å². The van der Waals surface area contributed by atoms with Gasteiger partial charge in [0.25, 0.3) is 5.56 Å². The molecule has 3 fully saturated rings. The maximum atomic E-state index is 13.3. The van der Waals surface area contributed by atoms with E-state index >= 15 is 0 Å². The van der Waals surface area contributed by atoms with Gasteiger partial charge in [-0.15, -0.1) is 0 Å². The van der Waals surface area contributed by atoms with Gasteiger partial charge in [0.15, 0.2) is 0 Å². The third-order valence-electron chi connectivity index (χ3n) is 11.5. The Bertz CT molecular complexity index is 1950. The van der Waals surface area contributed by atoms with Gasteiger partial charge in [-0.3, -0.25) is 4.79 Å². The molecule has 1 spiro atoms. The molecular formula is C39H41N5O. The van der Waals surface area contributed by atoms with Crippen molar-refractivity contribution in [2.75, 3.05) is 6.54 Å². The van der Waals surface area contributed by atoms with E-state index in [1.54, 1.807) is 0 Å². The molecule has 3 heterocycles. The highest BCUT2D eigenvalue weighted by Crippen LogP contribution is 2.53. The predicted molar refractivity (Wildman–Crippen MR) is 180 cm³/mol. The summed E-state index contributed by atoms with van der Waals surface area (Å²) in [4.78, 5) is 29.6. The second-order valence-electron chi connectivity index (χ2n) is 14.3. The molecule has 1 saturated heterocycles. The van der Waals surface area contributed by atoms with E-state index in [1.807, 2.05) is 12.3 Å². The minimum atomic E-state index is -0.0428. The van der Waals surface area contributed by atoms with Crippen LogP contribution >= 0.6 is 0 Å². The van der Waals surface area contributed by atoms with E-state index in [9.17, 15) is 4.79 Å². The molecule has 0 unspecified atom stereocenters. The third-order valence-corrected chi connectivity index (χ3v) is 11.5. The van der Waals surface area contributed by atoms with E-state index in [4.69, 9.17) is 9.97 Å². The molecule has 5 aromatic rings. The molecule has 1 atom stereocenters. The Kier molecular flexibility index (Phi) is 6.55. The zero-order chi connectivity index (χ0) is 30.0. The quantitative estimate of drug-likeness (QED) is 0.190. The highest BCUT2D eigenvalue weighted by atomic mass is 16.1. The summed E-state index contributed by atoms with van der Waals surface area (Å²) in [6.45, 7) is 0.976. The Labute approximate surface area is 264 Å². The van der Waals surface area contributed by atoms with Crippen molar-refractivity contribution in [2.45, 2.75) is 89.0 Å². The zero-order valence-corrected chi connectivity index (χ0v) is 25.9. The van der Waals surface area contributed by atoms with Crippen LogP contribution in [0.1, 0.15) is 98.9 Å². The lowest BCUT2D eigenvalue weighted by molar-refractivity contribution is 0.318. The summed E-state index contributed by atoms with van der Waals surface area (Å²) in [5.74, 6) is 2.50. The highest BCUT2D eigenvalue weighted by molar-refractivity contribution is 5.86. The first-order valence-electron chi connectivity index (χ1n) is 17.2. The Morgan fingerprint density at radius 2 is 1.42 bits per heavy atom. The van der Waals surface area contributed by atoms with Crippen LogP contribution < -0.4 is 10.9 Å². The summed E-state index contributed by atoms with van der Waals surface area (Å²) in [7, 11) is 0. The number of nitrogens with zero attached hydrogens (tertiary/aromatic N) is 2. The van der Waals surface area contributed by atoms with Crippen LogP contribution in [0.4, 0.5) is 0 Å². The van der Waals surface area contributed by atoms with Gasteiger partial charge in [0.05, 0.1) is 28.8 Å². The number of H-pyrrole nitrogens is 2. The number of aromatic nitrogens is 4. The number of hydrogen-bond acceptors (Lipinski definition) is 4. The largest absolute Gasteiger partial charge is 0.342 e. The standard InChI is InChI=1S/C39H41N5O/c45-38-30-20-27(13-16-33(30)42-37(44-38)34-8-5-19-40-34)29-15-14-28(31-21-39(22-32(29)31)17-3-4-18-39)24-9-11-25(12-10-24)35-23-41-36(43-35)26-6-1-2-7-26/h9-16,20,23,26,34,40H,1-8,17-19,21-22H2,(H,41,43)(H,42,44,45)/t34-/m0/s1. The number of nitrogens with one attached hydrogen (secondary N) is 3. The molecule has 45 heavy (non-hydrogen) atoms. The van der Waals surface area contributed by atoms with Gasteiger partial charge in [0, 0.05) is 5.92 Å². The maximum Gasteiger partial charge on any atom is 0.258 e. The zero-order valence-electron chi connectivity index (χ0n) is 25.9. The first kappa shape index (κ1) is 27.3. The Morgan fingerprint density at radius 1 is 0.711 bits per heavy atom. The molecule has 1 aliphatic heterocycles. The summed E-state index contributed by atoms with van der Waals surface area (Å²) in [6.07, 6.45) is 16.8. The number of fused-ring (bicyclic) bond motifs is 2. The molecular weight excluding hydrogens is 554 g/mol. The Hall–Kier alpha value is -4.03. The van der Waals surface area contributed by atoms with Gasteiger partial charge in [-0.05, 0) is 114 Å². The van der Waals surface area contributed by atoms with Crippen LogP contribution in [0.5, 0.6) is 0 Å². The van der Waals surface area contributed by atoms with Crippen LogP contribution in [-0.2, 0) is 12.8 Å². The lowest BCUT2D eigenvalue weighted by Gasteiger charge is -2.22. The SMILES string of the molecule is O=c1[nH]c([C@@H]2CCCN2)nc2ccc(-c3ccc(-c4ccc(-c5cnc(C6CCCC6)[nH]5)cc4)c4c3CC3(CCCC3)C4)cc12. The molecule has 0 amide bonds. The van der Waals surface area contributed by atoms with Crippen molar-refractivity contribution < 1.29 is 0 Å². The highest BCUT2D eigenvalue weighted by Gasteiger charge is 2.41. The van der Waals surface area contributed by atoms with E-state index in [-0.39, 0.29) is 11.6 Å². The van der Waals surface area contributed by atoms with Crippen molar-refractivity contribution in [2.24, 2.45) is 5.41 Å². The van der Waals surface area contributed by atoms with Crippen molar-refractivity contribution in [3.8, 4) is 33.5 Å². The number of benzene rings is 3. The molecule has 228 valence electrons. The number of imidazole rings is 1. The van der Waals surface area contributed by atoms with Crippen molar-refractivity contribution >= 4 is 10.9 Å². The van der Waals surface area contributed by atoms with Crippen LogP contribution in [0, 0.1) is 5.41 Å². The van der Waals surface area contributed by atoms with Crippen molar-refractivity contribution in [3.05, 3.63) is 93.9 Å². The van der Waals surface area contributed by atoms with Crippen LogP contribution in [0.15, 0.2) is 65.6 Å². The molecule has 2 aromatic heterocycles. The fourth-order valence-electron chi connectivity index (χ4n) is 9.06. The van der Waals surface area contributed by atoms with Gasteiger partial charge in [-0.1, -0.05) is 68.1 Å². The van der Waals surface area contributed by atoms with Gasteiger partial charge in [0.1, 0.15) is 11.6 Å². The van der Waals surface area contributed by atoms with Gasteiger partial charge in [-0.2, -0.15) is 0 Å². The van der Waals surface area contributed by atoms with Crippen LogP contribution in [0.3, 0.4) is 0 Å². The number of rotatable bonds is 5. The first-order valence-corrected chi connectivity index (χ1v) is 17.2. The fourth-order valence-corrected chi connectivity index (χ4v) is 9.06. The number of aromatic amines is 2. The predicted octanol–water partition coefficient (Wildman–Crippen LogP) is 8.39.